The summed E-state index contributed by atoms with van der Waals surface area (Å²) in [5.74, 6) is 0. The third-order valence-corrected chi connectivity index (χ3v) is 5.67. The molecule has 1 aromatic heterocycles. The van der Waals surface area contributed by atoms with Gasteiger partial charge < -0.3 is 4.98 Å². The smallest absolute Gasteiger partial charge is 0.277 e. The number of aryl methyl sites for hydroxylation is 1. The van der Waals surface area contributed by atoms with E-state index < -0.39 is 10.2 Å². The molecule has 6 nitrogen and oxygen atoms in total. The van der Waals surface area contributed by atoms with Crippen LogP contribution in [-0.4, -0.2) is 26.0 Å². The van der Waals surface area contributed by atoms with Crippen molar-refractivity contribution >= 4 is 21.1 Å². The summed E-state index contributed by atoms with van der Waals surface area (Å²) < 4.78 is 29.2. The first kappa shape index (κ1) is 17.1. The van der Waals surface area contributed by atoms with Crippen LogP contribution in [-0.2, 0) is 16.6 Å². The van der Waals surface area contributed by atoms with Crippen LogP contribution in [0.2, 0.25) is 0 Å². The second-order valence-corrected chi connectivity index (χ2v) is 7.99. The topological polar surface area (TPSA) is 91.1 Å². The minimum Gasteiger partial charge on any atom is -0.322 e. The van der Waals surface area contributed by atoms with E-state index >= 15 is 0 Å². The Kier molecular flexibility index (Phi) is 5.03. The number of rotatable bonds is 6. The minimum absolute atomic E-state index is 0.0366. The molecule has 3 rings (SSSR count). The van der Waals surface area contributed by atoms with E-state index in [1.54, 1.807) is 0 Å². The molecule has 0 amide bonds. The van der Waals surface area contributed by atoms with Gasteiger partial charge in [0.1, 0.15) is 0 Å². The Labute approximate surface area is 141 Å². The van der Waals surface area contributed by atoms with Crippen molar-refractivity contribution in [3.63, 3.8) is 0 Å². The number of aromatic nitrogens is 1. The van der Waals surface area contributed by atoms with Crippen molar-refractivity contribution in [3.8, 4) is 0 Å². The second-order valence-electron chi connectivity index (χ2n) is 6.46. The molecule has 3 N–H and O–H groups in total. The first-order chi connectivity index (χ1) is 11.4. The molecule has 130 valence electrons. The number of pyridine rings is 1. The van der Waals surface area contributed by atoms with Crippen molar-refractivity contribution in [2.75, 3.05) is 6.54 Å². The highest BCUT2D eigenvalue weighted by Gasteiger charge is 2.20. The maximum Gasteiger partial charge on any atom is 0.277 e. The molecule has 1 saturated carbocycles. The van der Waals surface area contributed by atoms with Crippen LogP contribution in [0, 0.1) is 6.92 Å². The van der Waals surface area contributed by atoms with Gasteiger partial charge in [-0.2, -0.15) is 13.1 Å². The predicted octanol–water partition coefficient (Wildman–Crippen LogP) is 1.75. The van der Waals surface area contributed by atoms with Gasteiger partial charge in [0.15, 0.2) is 0 Å². The highest BCUT2D eigenvalue weighted by molar-refractivity contribution is 7.87. The van der Waals surface area contributed by atoms with Crippen molar-refractivity contribution in [1.82, 2.24) is 14.4 Å². The number of aromatic amines is 1. The quantitative estimate of drug-likeness (QED) is 0.742. The van der Waals surface area contributed by atoms with Gasteiger partial charge in [-0.15, -0.1) is 0 Å². The lowest BCUT2D eigenvalue weighted by Gasteiger charge is -2.13. The number of H-pyrrole nitrogens is 1. The number of fused-ring (bicyclic) bond motifs is 1. The van der Waals surface area contributed by atoms with E-state index in [1.165, 1.54) is 0 Å². The summed E-state index contributed by atoms with van der Waals surface area (Å²) in [7, 11) is -3.51. The van der Waals surface area contributed by atoms with E-state index in [-0.39, 0.29) is 18.1 Å². The Balaban J connectivity index is 1.64. The molecule has 0 spiro atoms. The van der Waals surface area contributed by atoms with Crippen LogP contribution in [0.5, 0.6) is 0 Å². The highest BCUT2D eigenvalue weighted by atomic mass is 32.2. The first-order valence-electron chi connectivity index (χ1n) is 8.32. The highest BCUT2D eigenvalue weighted by Crippen LogP contribution is 2.18. The lowest BCUT2D eigenvalue weighted by atomic mass is 10.1. The number of hydrogen-bond donors (Lipinski definition) is 3. The summed E-state index contributed by atoms with van der Waals surface area (Å²) in [4.78, 5) is 14.9. The molecule has 1 aromatic carbocycles. The van der Waals surface area contributed by atoms with Gasteiger partial charge >= 0.3 is 0 Å². The molecule has 0 bridgehead atoms. The van der Waals surface area contributed by atoms with Crippen molar-refractivity contribution in [2.24, 2.45) is 0 Å². The Bertz CT molecular complexity index is 884. The molecule has 1 fully saturated rings. The zero-order valence-corrected chi connectivity index (χ0v) is 14.6. The Morgan fingerprint density at radius 1 is 1.21 bits per heavy atom. The van der Waals surface area contributed by atoms with Crippen LogP contribution in [0.15, 0.2) is 29.1 Å². The summed E-state index contributed by atoms with van der Waals surface area (Å²) >= 11 is 0. The maximum absolute atomic E-state index is 12.1. The van der Waals surface area contributed by atoms with Gasteiger partial charge in [-0.25, -0.2) is 4.72 Å². The van der Waals surface area contributed by atoms with Gasteiger partial charge in [0.2, 0.25) is 0 Å². The summed E-state index contributed by atoms with van der Waals surface area (Å²) in [6.45, 7) is 2.19. The van der Waals surface area contributed by atoms with E-state index in [0.717, 1.165) is 42.1 Å². The fraction of sp³-hybridized carbons (Fsp3) is 0.471. The molecule has 0 unspecified atom stereocenters. The maximum atomic E-state index is 12.1. The van der Waals surface area contributed by atoms with Gasteiger partial charge in [0, 0.05) is 23.7 Å². The van der Waals surface area contributed by atoms with Gasteiger partial charge in [0.25, 0.3) is 15.8 Å². The van der Waals surface area contributed by atoms with Crippen LogP contribution in [0.25, 0.3) is 10.9 Å². The molecule has 0 aliphatic heterocycles. The molecule has 0 saturated heterocycles. The Morgan fingerprint density at radius 3 is 2.71 bits per heavy atom. The Morgan fingerprint density at radius 2 is 1.96 bits per heavy atom. The van der Waals surface area contributed by atoms with Crippen LogP contribution in [0.1, 0.15) is 36.8 Å². The SMILES string of the molecule is Cc1ccc2[nH]c(=O)c(CCNS(=O)(=O)NC3CCCC3)cc2c1. The van der Waals surface area contributed by atoms with Crippen LogP contribution >= 0.6 is 0 Å². The van der Waals surface area contributed by atoms with Gasteiger partial charge in [-0.05, 0) is 49.8 Å². The van der Waals surface area contributed by atoms with E-state index in [9.17, 15) is 13.2 Å². The monoisotopic (exact) mass is 349 g/mol. The summed E-state index contributed by atoms with van der Waals surface area (Å²) in [6, 6.07) is 7.69. The first-order valence-corrected chi connectivity index (χ1v) is 9.81. The molecule has 1 aliphatic rings. The minimum atomic E-state index is -3.51. The zero-order valence-electron chi connectivity index (χ0n) is 13.8. The predicted molar refractivity (Wildman–Crippen MR) is 95.3 cm³/mol. The van der Waals surface area contributed by atoms with E-state index in [0.29, 0.717) is 12.0 Å². The van der Waals surface area contributed by atoms with Crippen molar-refractivity contribution in [3.05, 3.63) is 45.7 Å². The summed E-state index contributed by atoms with van der Waals surface area (Å²) in [5, 5.41) is 0.955. The average Bonchev–Trinajstić information content (AvgIpc) is 3.00. The van der Waals surface area contributed by atoms with E-state index in [2.05, 4.69) is 14.4 Å². The fourth-order valence-corrected chi connectivity index (χ4v) is 4.31. The second kappa shape index (κ2) is 7.04. The largest absolute Gasteiger partial charge is 0.322 e. The molecular weight excluding hydrogens is 326 g/mol. The molecule has 2 aromatic rings. The summed E-state index contributed by atoms with van der Waals surface area (Å²) in [6.07, 6.45) is 4.28. The van der Waals surface area contributed by atoms with Crippen molar-refractivity contribution in [1.29, 1.82) is 0 Å². The standard InChI is InChI=1S/C17H23N3O3S/c1-12-6-7-16-14(10-12)11-13(17(21)19-16)8-9-18-24(22,23)20-15-4-2-3-5-15/h6-7,10-11,15,18,20H,2-5,8-9H2,1H3,(H,19,21). The van der Waals surface area contributed by atoms with Crippen molar-refractivity contribution < 1.29 is 8.42 Å². The normalized spacial score (nSPS) is 16.0. The lowest BCUT2D eigenvalue weighted by molar-refractivity contribution is 0.539. The lowest BCUT2D eigenvalue weighted by Crippen LogP contribution is -2.42. The third kappa shape index (κ3) is 4.23. The molecule has 24 heavy (non-hydrogen) atoms. The van der Waals surface area contributed by atoms with E-state index in [1.807, 2.05) is 31.2 Å². The van der Waals surface area contributed by atoms with Gasteiger partial charge in [0.05, 0.1) is 0 Å². The number of nitrogens with one attached hydrogen (secondary N) is 3. The molecule has 0 radical (unpaired) electrons. The fourth-order valence-electron chi connectivity index (χ4n) is 3.18. The molecule has 7 heteroatoms. The Hall–Kier alpha value is -1.70. The number of benzene rings is 1. The average molecular weight is 349 g/mol. The molecule has 0 atom stereocenters. The van der Waals surface area contributed by atoms with Crippen molar-refractivity contribution in [2.45, 2.75) is 45.1 Å². The molecular formula is C17H23N3O3S. The zero-order chi connectivity index (χ0) is 17.2. The van der Waals surface area contributed by atoms with Gasteiger partial charge in [-0.3, -0.25) is 4.79 Å². The van der Waals surface area contributed by atoms with Crippen LogP contribution in [0.3, 0.4) is 0 Å². The third-order valence-electron chi connectivity index (χ3n) is 4.44. The molecule has 1 heterocycles. The number of hydrogen-bond acceptors (Lipinski definition) is 3. The molecule has 1 aliphatic carbocycles. The van der Waals surface area contributed by atoms with E-state index in [4.69, 9.17) is 0 Å². The van der Waals surface area contributed by atoms with Gasteiger partial charge in [-0.1, -0.05) is 24.5 Å². The summed E-state index contributed by atoms with van der Waals surface area (Å²) in [5.41, 5.74) is 2.31. The van der Waals surface area contributed by atoms with Crippen LogP contribution in [0.4, 0.5) is 0 Å². The van der Waals surface area contributed by atoms with Crippen LogP contribution < -0.4 is 15.0 Å².